The normalized spacial score (nSPS) is 10.3. The molecule has 0 saturated carbocycles. The van der Waals surface area contributed by atoms with Crippen LogP contribution in [0.1, 0.15) is 12.5 Å². The highest BCUT2D eigenvalue weighted by molar-refractivity contribution is 9.10. The minimum atomic E-state index is -0.445. The van der Waals surface area contributed by atoms with Crippen molar-refractivity contribution in [2.24, 2.45) is 0 Å². The maximum Gasteiger partial charge on any atom is 0.373 e. The lowest BCUT2D eigenvalue weighted by Gasteiger charge is -2.09. The SMILES string of the molecule is COC(=O)/C=C/COc1cc(Br)ccc1/C=C(\C)C(=O)OC.O=C=O. The molecule has 1 aromatic carbocycles. The van der Waals surface area contributed by atoms with Crippen molar-refractivity contribution in [1.29, 1.82) is 0 Å². The summed E-state index contributed by atoms with van der Waals surface area (Å²) in [6.07, 6.45) is 4.76. The van der Waals surface area contributed by atoms with E-state index in [0.717, 1.165) is 10.0 Å². The van der Waals surface area contributed by atoms with Gasteiger partial charge in [-0.15, -0.1) is 0 Å². The number of hydrogen-bond acceptors (Lipinski definition) is 7. The van der Waals surface area contributed by atoms with Gasteiger partial charge < -0.3 is 14.2 Å². The number of rotatable bonds is 6. The molecule has 0 spiro atoms. The molecule has 0 fully saturated rings. The zero-order valence-electron chi connectivity index (χ0n) is 13.9. The fraction of sp³-hybridized carbons (Fsp3) is 0.235. The summed E-state index contributed by atoms with van der Waals surface area (Å²) in [4.78, 5) is 38.7. The summed E-state index contributed by atoms with van der Waals surface area (Å²) in [5.41, 5.74) is 1.19. The Hall–Kier alpha value is -2.70. The molecule has 8 heteroatoms. The fourth-order valence-corrected chi connectivity index (χ4v) is 1.90. The first kappa shape index (κ1) is 22.3. The van der Waals surface area contributed by atoms with Gasteiger partial charge >= 0.3 is 18.1 Å². The summed E-state index contributed by atoms with van der Waals surface area (Å²) < 4.78 is 15.6. The van der Waals surface area contributed by atoms with E-state index in [1.54, 1.807) is 25.1 Å². The minimum absolute atomic E-state index is 0.198. The third-order valence-electron chi connectivity index (χ3n) is 2.65. The van der Waals surface area contributed by atoms with Crippen molar-refractivity contribution in [3.8, 4) is 5.75 Å². The molecular formula is C17H17BrO7. The van der Waals surface area contributed by atoms with Crippen molar-refractivity contribution in [2.45, 2.75) is 6.92 Å². The van der Waals surface area contributed by atoms with Crippen LogP contribution < -0.4 is 4.74 Å². The van der Waals surface area contributed by atoms with Crippen LogP contribution >= 0.6 is 15.9 Å². The molecule has 0 unspecified atom stereocenters. The van der Waals surface area contributed by atoms with Crippen LogP contribution in [0.4, 0.5) is 0 Å². The number of methoxy groups -OCH3 is 2. The molecule has 0 atom stereocenters. The molecule has 0 bridgehead atoms. The summed E-state index contributed by atoms with van der Waals surface area (Å²) in [5.74, 6) is -0.272. The second kappa shape index (κ2) is 12.7. The molecule has 1 rings (SSSR count). The Kier molecular flexibility index (Phi) is 11.3. The average Bonchev–Trinajstić information content (AvgIpc) is 2.60. The van der Waals surface area contributed by atoms with E-state index in [0.29, 0.717) is 11.3 Å². The summed E-state index contributed by atoms with van der Waals surface area (Å²) in [6.45, 7) is 1.86. The van der Waals surface area contributed by atoms with Crippen LogP contribution in [0.2, 0.25) is 0 Å². The standard InChI is InChI=1S/C16H17BrO5.CO2/c1-11(16(19)21-3)9-12-6-7-13(17)10-14(12)22-8-4-5-15(18)20-2;2-1-3/h4-7,9-10H,8H2,1-3H3;/b5-4+,11-9+;. The van der Waals surface area contributed by atoms with E-state index in [1.807, 2.05) is 12.1 Å². The Bertz CT molecular complexity index is 686. The number of hydrogen-bond donors (Lipinski definition) is 0. The van der Waals surface area contributed by atoms with Gasteiger partial charge in [0, 0.05) is 21.7 Å². The third kappa shape index (κ3) is 9.24. The van der Waals surface area contributed by atoms with E-state index in [2.05, 4.69) is 25.4 Å². The van der Waals surface area contributed by atoms with Crippen molar-refractivity contribution in [2.75, 3.05) is 20.8 Å². The predicted octanol–water partition coefficient (Wildman–Crippen LogP) is 2.55. The number of carbonyl (C=O) groups is 2. The first-order valence-electron chi connectivity index (χ1n) is 6.82. The fourth-order valence-electron chi connectivity index (χ4n) is 1.56. The monoisotopic (exact) mass is 412 g/mol. The molecule has 0 N–H and O–H groups in total. The van der Waals surface area contributed by atoms with Gasteiger partial charge in [0.2, 0.25) is 0 Å². The first-order chi connectivity index (χ1) is 11.9. The predicted molar refractivity (Wildman–Crippen MR) is 91.5 cm³/mol. The Balaban J connectivity index is 0.00000178. The molecule has 134 valence electrons. The van der Waals surface area contributed by atoms with Gasteiger partial charge in [0.05, 0.1) is 14.2 Å². The highest BCUT2D eigenvalue weighted by atomic mass is 79.9. The molecule has 1 aromatic rings. The quantitative estimate of drug-likeness (QED) is 0.523. The molecule has 0 aliphatic rings. The van der Waals surface area contributed by atoms with Gasteiger partial charge in [0.25, 0.3) is 0 Å². The van der Waals surface area contributed by atoms with Gasteiger partial charge in [0.15, 0.2) is 0 Å². The van der Waals surface area contributed by atoms with Crippen molar-refractivity contribution >= 4 is 40.1 Å². The van der Waals surface area contributed by atoms with Crippen molar-refractivity contribution in [3.05, 3.63) is 46.0 Å². The summed E-state index contributed by atoms with van der Waals surface area (Å²) in [5, 5.41) is 0. The Morgan fingerprint density at radius 1 is 1.20 bits per heavy atom. The van der Waals surface area contributed by atoms with Crippen molar-refractivity contribution < 1.29 is 33.4 Å². The van der Waals surface area contributed by atoms with E-state index >= 15 is 0 Å². The maximum absolute atomic E-state index is 11.5. The van der Waals surface area contributed by atoms with E-state index in [-0.39, 0.29) is 12.8 Å². The van der Waals surface area contributed by atoms with Gasteiger partial charge in [-0.3, -0.25) is 0 Å². The van der Waals surface area contributed by atoms with Crippen LogP contribution in [0.15, 0.2) is 40.4 Å². The van der Waals surface area contributed by atoms with Crippen LogP contribution in [0.5, 0.6) is 5.75 Å². The smallest absolute Gasteiger partial charge is 0.373 e. The van der Waals surface area contributed by atoms with Crippen molar-refractivity contribution in [3.63, 3.8) is 0 Å². The zero-order chi connectivity index (χ0) is 19.2. The highest BCUT2D eigenvalue weighted by Gasteiger charge is 2.07. The molecular weight excluding hydrogens is 396 g/mol. The van der Waals surface area contributed by atoms with Gasteiger partial charge in [0.1, 0.15) is 12.4 Å². The second-order valence-electron chi connectivity index (χ2n) is 4.32. The number of benzene rings is 1. The molecule has 7 nitrogen and oxygen atoms in total. The topological polar surface area (TPSA) is 96.0 Å². The van der Waals surface area contributed by atoms with Gasteiger partial charge in [-0.2, -0.15) is 9.59 Å². The Morgan fingerprint density at radius 2 is 1.84 bits per heavy atom. The van der Waals surface area contributed by atoms with Crippen molar-refractivity contribution in [1.82, 2.24) is 0 Å². The molecule has 0 aromatic heterocycles. The van der Waals surface area contributed by atoms with Crippen LogP contribution in [0.3, 0.4) is 0 Å². The third-order valence-corrected chi connectivity index (χ3v) is 3.14. The van der Waals surface area contributed by atoms with Crippen LogP contribution in [0.25, 0.3) is 6.08 Å². The van der Waals surface area contributed by atoms with Crippen LogP contribution in [-0.4, -0.2) is 38.9 Å². The summed E-state index contributed by atoms with van der Waals surface area (Å²) in [7, 11) is 2.64. The number of halogens is 1. The van der Waals surface area contributed by atoms with E-state index < -0.39 is 11.9 Å². The Labute approximate surface area is 153 Å². The molecule has 0 aliphatic carbocycles. The number of ether oxygens (including phenoxy) is 3. The molecule has 0 aliphatic heterocycles. The second-order valence-corrected chi connectivity index (χ2v) is 5.24. The van der Waals surface area contributed by atoms with Gasteiger partial charge in [-0.25, -0.2) is 9.59 Å². The van der Waals surface area contributed by atoms with E-state index in [1.165, 1.54) is 20.3 Å². The lowest BCUT2D eigenvalue weighted by Crippen LogP contribution is -2.02. The maximum atomic E-state index is 11.5. The number of esters is 2. The molecule has 0 saturated heterocycles. The largest absolute Gasteiger partial charge is 0.489 e. The molecule has 25 heavy (non-hydrogen) atoms. The molecule has 0 heterocycles. The van der Waals surface area contributed by atoms with E-state index in [4.69, 9.17) is 14.3 Å². The van der Waals surface area contributed by atoms with Crippen LogP contribution in [-0.2, 0) is 28.7 Å². The average molecular weight is 413 g/mol. The molecule has 0 radical (unpaired) electrons. The Morgan fingerprint density at radius 3 is 2.40 bits per heavy atom. The van der Waals surface area contributed by atoms with Gasteiger partial charge in [-0.05, 0) is 31.2 Å². The summed E-state index contributed by atoms with van der Waals surface area (Å²) >= 11 is 3.36. The lowest BCUT2D eigenvalue weighted by molar-refractivity contribution is -0.191. The zero-order valence-corrected chi connectivity index (χ0v) is 15.5. The number of carbonyl (C=O) groups excluding carboxylic acids is 4. The molecule has 0 amide bonds. The van der Waals surface area contributed by atoms with E-state index in [9.17, 15) is 9.59 Å². The first-order valence-corrected chi connectivity index (χ1v) is 7.61. The van der Waals surface area contributed by atoms with Gasteiger partial charge in [-0.1, -0.05) is 22.0 Å². The highest BCUT2D eigenvalue weighted by Crippen LogP contribution is 2.26. The summed E-state index contributed by atoms with van der Waals surface area (Å²) in [6, 6.07) is 5.44. The van der Waals surface area contributed by atoms with Crippen LogP contribution in [0, 0.1) is 0 Å². The minimum Gasteiger partial charge on any atom is -0.489 e. The lowest BCUT2D eigenvalue weighted by atomic mass is 10.1.